The number of carbonyl (C=O) groups is 1. The fourth-order valence-electron chi connectivity index (χ4n) is 6.15. The molecular formula is C26H26ClN5O3. The summed E-state index contributed by atoms with van der Waals surface area (Å²) in [6.45, 7) is 3.33. The highest BCUT2D eigenvalue weighted by Gasteiger charge is 2.73. The number of anilines is 1. The van der Waals surface area contributed by atoms with Crippen molar-refractivity contribution >= 4 is 34.4 Å². The maximum atomic E-state index is 12.8. The maximum absolute atomic E-state index is 12.8. The van der Waals surface area contributed by atoms with E-state index in [1.807, 2.05) is 29.2 Å². The molecule has 2 aromatic heterocycles. The zero-order valence-electron chi connectivity index (χ0n) is 19.2. The summed E-state index contributed by atoms with van der Waals surface area (Å²) in [4.78, 5) is 28.4. The zero-order valence-corrected chi connectivity index (χ0v) is 20.0. The van der Waals surface area contributed by atoms with Crippen LogP contribution in [0.1, 0.15) is 29.6 Å². The Morgan fingerprint density at radius 3 is 2.69 bits per heavy atom. The molecule has 1 spiro atoms. The molecule has 2 aliphatic heterocycles. The fraction of sp³-hybridized carbons (Fsp3) is 0.462. The molecule has 1 amide bonds. The summed E-state index contributed by atoms with van der Waals surface area (Å²) in [5.41, 5.74) is 3.40. The van der Waals surface area contributed by atoms with Crippen molar-refractivity contribution in [2.45, 2.75) is 30.9 Å². The number of morpholine rings is 1. The standard InChI is InChI=1S/C26H26ClN5O3/c27-23-19-13-29-25(30-17-5-6-26-20(11-17)21(26)14-35-26)31-22(19)18(12-28-23)15-1-3-16(4-2-15)24(33)32-7-9-34-10-8-32/h1-4,12-13,17,20-21H,5-11,14H2,(H,29,30,31)/t17-,20?,21?,26-/m1/s1. The van der Waals surface area contributed by atoms with Gasteiger partial charge in [0, 0.05) is 48.6 Å². The van der Waals surface area contributed by atoms with Crippen molar-refractivity contribution < 1.29 is 14.3 Å². The third-order valence-electron chi connectivity index (χ3n) is 8.23. The molecule has 35 heavy (non-hydrogen) atoms. The lowest BCUT2D eigenvalue weighted by Gasteiger charge is -2.31. The van der Waals surface area contributed by atoms with Crippen molar-refractivity contribution in [2.75, 3.05) is 38.2 Å². The van der Waals surface area contributed by atoms with Crippen LogP contribution in [0.25, 0.3) is 22.0 Å². The van der Waals surface area contributed by atoms with Gasteiger partial charge in [-0.25, -0.2) is 15.0 Å². The van der Waals surface area contributed by atoms with Crippen LogP contribution in [-0.2, 0) is 9.47 Å². The van der Waals surface area contributed by atoms with E-state index in [9.17, 15) is 4.79 Å². The Labute approximate surface area is 208 Å². The number of rotatable bonds is 4. The first-order chi connectivity index (χ1) is 17.1. The molecule has 9 heteroatoms. The summed E-state index contributed by atoms with van der Waals surface area (Å²) in [5, 5.41) is 4.64. The lowest BCUT2D eigenvalue weighted by atomic mass is 9.93. The van der Waals surface area contributed by atoms with Gasteiger partial charge >= 0.3 is 0 Å². The van der Waals surface area contributed by atoms with E-state index in [1.165, 1.54) is 0 Å². The first kappa shape index (κ1) is 21.5. The zero-order chi connectivity index (χ0) is 23.6. The molecule has 0 bridgehead atoms. The van der Waals surface area contributed by atoms with E-state index in [1.54, 1.807) is 12.4 Å². The first-order valence-corrected chi connectivity index (χ1v) is 12.7. The minimum absolute atomic E-state index is 0.0245. The number of halogens is 1. The van der Waals surface area contributed by atoms with Crippen LogP contribution in [0.5, 0.6) is 0 Å². The van der Waals surface area contributed by atoms with Gasteiger partial charge < -0.3 is 19.7 Å². The van der Waals surface area contributed by atoms with E-state index >= 15 is 0 Å². The van der Waals surface area contributed by atoms with Crippen LogP contribution in [0.15, 0.2) is 36.7 Å². The van der Waals surface area contributed by atoms with E-state index in [-0.39, 0.29) is 11.5 Å². The van der Waals surface area contributed by atoms with Gasteiger partial charge in [-0.2, -0.15) is 0 Å². The van der Waals surface area contributed by atoms with Crippen LogP contribution >= 0.6 is 11.6 Å². The number of nitrogens with one attached hydrogen (secondary N) is 1. The molecule has 4 atom stereocenters. The topological polar surface area (TPSA) is 89.5 Å². The third kappa shape index (κ3) is 3.50. The predicted molar refractivity (Wildman–Crippen MR) is 131 cm³/mol. The van der Waals surface area contributed by atoms with Crippen LogP contribution in [0.2, 0.25) is 5.15 Å². The molecule has 4 fully saturated rings. The number of aromatic nitrogens is 3. The van der Waals surface area contributed by atoms with Crippen molar-refractivity contribution in [1.82, 2.24) is 19.9 Å². The van der Waals surface area contributed by atoms with Gasteiger partial charge in [0.1, 0.15) is 5.15 Å². The van der Waals surface area contributed by atoms with Crippen LogP contribution in [0, 0.1) is 11.8 Å². The van der Waals surface area contributed by atoms with Crippen molar-refractivity contribution in [2.24, 2.45) is 11.8 Å². The molecule has 1 N–H and O–H groups in total. The number of amides is 1. The lowest BCUT2D eigenvalue weighted by Crippen LogP contribution is -2.40. The summed E-state index contributed by atoms with van der Waals surface area (Å²) < 4.78 is 11.2. The van der Waals surface area contributed by atoms with E-state index in [0.29, 0.717) is 60.3 Å². The number of nitrogens with zero attached hydrogens (tertiary/aromatic N) is 4. The average molecular weight is 492 g/mol. The summed E-state index contributed by atoms with van der Waals surface area (Å²) >= 11 is 6.39. The minimum atomic E-state index is 0.0245. The summed E-state index contributed by atoms with van der Waals surface area (Å²) in [6, 6.07) is 7.95. The average Bonchev–Trinajstić information content (AvgIpc) is 3.36. The third-order valence-corrected chi connectivity index (χ3v) is 8.53. The van der Waals surface area contributed by atoms with Gasteiger partial charge in [-0.15, -0.1) is 0 Å². The van der Waals surface area contributed by atoms with Crippen LogP contribution in [0.3, 0.4) is 0 Å². The van der Waals surface area contributed by atoms with Crippen LogP contribution in [-0.4, -0.2) is 70.3 Å². The monoisotopic (exact) mass is 491 g/mol. The van der Waals surface area contributed by atoms with Crippen molar-refractivity contribution in [3.63, 3.8) is 0 Å². The largest absolute Gasteiger partial charge is 0.378 e. The van der Waals surface area contributed by atoms with Crippen molar-refractivity contribution in [1.29, 1.82) is 0 Å². The van der Waals surface area contributed by atoms with Crippen molar-refractivity contribution in [3.05, 3.63) is 47.4 Å². The molecule has 2 saturated heterocycles. The molecule has 2 saturated carbocycles. The molecule has 2 aliphatic carbocycles. The van der Waals surface area contributed by atoms with Gasteiger partial charge in [0.05, 0.1) is 36.3 Å². The van der Waals surface area contributed by atoms with Gasteiger partial charge in [-0.3, -0.25) is 4.79 Å². The molecule has 7 rings (SSSR count). The molecule has 0 radical (unpaired) electrons. The highest BCUT2D eigenvalue weighted by Crippen LogP contribution is 2.67. The Balaban J connectivity index is 1.15. The molecule has 1 aromatic carbocycles. The number of hydrogen-bond acceptors (Lipinski definition) is 7. The summed E-state index contributed by atoms with van der Waals surface area (Å²) in [6.07, 6.45) is 6.77. The minimum Gasteiger partial charge on any atom is -0.378 e. The molecule has 4 heterocycles. The SMILES string of the molecule is O=C(c1ccc(-c2cnc(Cl)c3cnc(N[C@@H]4CC[C@]56OCC5C6C4)nc23)cc1)N1CCOCC1. The van der Waals surface area contributed by atoms with E-state index < -0.39 is 0 Å². The maximum Gasteiger partial charge on any atom is 0.254 e. The Kier molecular flexibility index (Phi) is 4.98. The Morgan fingerprint density at radius 2 is 1.94 bits per heavy atom. The number of carbonyl (C=O) groups excluding carboxylic acids is 1. The van der Waals surface area contributed by atoms with E-state index in [4.69, 9.17) is 26.1 Å². The Bertz CT molecular complexity index is 1310. The fourth-order valence-corrected chi connectivity index (χ4v) is 6.34. The molecule has 2 unspecified atom stereocenters. The van der Waals surface area contributed by atoms with Gasteiger partial charge in [0.25, 0.3) is 5.91 Å². The number of hydrogen-bond donors (Lipinski definition) is 1. The molecule has 180 valence electrons. The number of fused-ring (bicyclic) bond motifs is 2. The second-order valence-corrected chi connectivity index (χ2v) is 10.4. The highest BCUT2D eigenvalue weighted by atomic mass is 35.5. The predicted octanol–water partition coefficient (Wildman–Crippen LogP) is 3.80. The smallest absolute Gasteiger partial charge is 0.254 e. The van der Waals surface area contributed by atoms with Gasteiger partial charge in [-0.05, 0) is 42.9 Å². The summed E-state index contributed by atoms with van der Waals surface area (Å²) in [7, 11) is 0. The Morgan fingerprint density at radius 1 is 1.11 bits per heavy atom. The van der Waals surface area contributed by atoms with Crippen LogP contribution < -0.4 is 5.32 Å². The normalized spacial score (nSPS) is 29.2. The highest BCUT2D eigenvalue weighted by molar-refractivity contribution is 6.34. The lowest BCUT2D eigenvalue weighted by molar-refractivity contribution is -0.0769. The van der Waals surface area contributed by atoms with Gasteiger partial charge in [0.15, 0.2) is 0 Å². The second-order valence-electron chi connectivity index (χ2n) is 10.00. The van der Waals surface area contributed by atoms with Crippen LogP contribution in [0.4, 0.5) is 5.95 Å². The molecule has 3 aromatic rings. The second kappa shape index (κ2) is 8.11. The molecular weight excluding hydrogens is 466 g/mol. The van der Waals surface area contributed by atoms with Gasteiger partial charge in [-0.1, -0.05) is 23.7 Å². The van der Waals surface area contributed by atoms with E-state index in [0.717, 1.165) is 48.4 Å². The molecule has 4 aliphatic rings. The van der Waals surface area contributed by atoms with Gasteiger partial charge in [0.2, 0.25) is 5.95 Å². The summed E-state index contributed by atoms with van der Waals surface area (Å²) in [5.74, 6) is 2.08. The quantitative estimate of drug-likeness (QED) is 0.555. The Hall–Kier alpha value is -2.81. The number of benzene rings is 1. The first-order valence-electron chi connectivity index (χ1n) is 12.3. The molecule has 8 nitrogen and oxygen atoms in total. The van der Waals surface area contributed by atoms with E-state index in [2.05, 4.69) is 15.3 Å². The van der Waals surface area contributed by atoms with Crippen molar-refractivity contribution in [3.8, 4) is 11.1 Å². The number of ether oxygens (including phenoxy) is 2. The number of pyridine rings is 1.